The lowest BCUT2D eigenvalue weighted by atomic mass is 9.79. The minimum atomic E-state index is -1.08. The number of fused-ring (bicyclic) bond motifs is 1. The molecule has 1 aliphatic heterocycles. The Morgan fingerprint density at radius 1 is 1.04 bits per heavy atom. The number of unbranched alkanes of at least 4 members (excludes halogenated alkanes) is 1. The maximum absolute atomic E-state index is 5.91. The first-order chi connectivity index (χ1) is 33.5. The normalized spacial score (nSPS) is 15.5. The van der Waals surface area contributed by atoms with Gasteiger partial charge in [-0.3, -0.25) is 9.88 Å². The van der Waals surface area contributed by atoms with Crippen molar-refractivity contribution in [2.24, 2.45) is 17.1 Å². The van der Waals surface area contributed by atoms with Gasteiger partial charge in [-0.05, 0) is 143 Å². The summed E-state index contributed by atoms with van der Waals surface area (Å²) in [6.45, 7) is 43.5. The molecule has 1 saturated heterocycles. The number of hydrogen-bond acceptors (Lipinski definition) is 6. The van der Waals surface area contributed by atoms with Crippen molar-refractivity contribution in [3.63, 3.8) is 0 Å². The summed E-state index contributed by atoms with van der Waals surface area (Å²) >= 11 is 0. The highest BCUT2D eigenvalue weighted by molar-refractivity contribution is 8.27. The number of nitrogens with zero attached hydrogens (tertiary/aromatic N) is 5. The van der Waals surface area contributed by atoms with Gasteiger partial charge in [-0.15, -0.1) is 6.58 Å². The number of nitrogens with one attached hydrogen (secondary N) is 1. The van der Waals surface area contributed by atoms with Crippen LogP contribution in [-0.4, -0.2) is 106 Å². The maximum atomic E-state index is 5.91. The number of nitrogens with two attached hydrogens (primary N) is 1. The van der Waals surface area contributed by atoms with Gasteiger partial charge >= 0.3 is 0 Å². The first kappa shape index (κ1) is 57.0. The lowest BCUT2D eigenvalue weighted by molar-refractivity contribution is 0.260. The van der Waals surface area contributed by atoms with Gasteiger partial charge in [-0.25, -0.2) is 9.21 Å². The van der Waals surface area contributed by atoms with Gasteiger partial charge in [0.15, 0.2) is 0 Å². The van der Waals surface area contributed by atoms with Crippen molar-refractivity contribution >= 4 is 31.8 Å². The molecule has 2 aromatic carbocycles. The van der Waals surface area contributed by atoms with E-state index in [1.165, 1.54) is 50.0 Å². The van der Waals surface area contributed by atoms with Crippen molar-refractivity contribution < 1.29 is 0 Å². The molecule has 0 radical (unpaired) electrons. The van der Waals surface area contributed by atoms with E-state index in [4.69, 9.17) is 17.3 Å². The molecular weight excluding hydrogens is 887 g/mol. The van der Waals surface area contributed by atoms with Crippen LogP contribution in [-0.2, 0) is 19.4 Å². The van der Waals surface area contributed by atoms with Crippen LogP contribution >= 0.6 is 9.21 Å². The molecule has 4 atom stereocenters. The molecule has 0 saturated carbocycles. The molecule has 4 aromatic rings. The van der Waals surface area contributed by atoms with Crippen LogP contribution in [0.2, 0.25) is 0 Å². The first-order valence-electron chi connectivity index (χ1n) is 26.5. The minimum Gasteiger partial charge on any atom is -0.379 e. The molecule has 2 aromatic heterocycles. The van der Waals surface area contributed by atoms with Crippen LogP contribution in [0.3, 0.4) is 0 Å². The number of allylic oxidation sites excluding steroid dienone is 2. The van der Waals surface area contributed by atoms with Gasteiger partial charge in [0.25, 0.3) is 0 Å². The molecule has 0 amide bonds. The predicted molar refractivity (Wildman–Crippen MR) is 317 cm³/mol. The molecule has 0 aliphatic carbocycles. The van der Waals surface area contributed by atoms with Gasteiger partial charge < -0.3 is 25.4 Å². The summed E-state index contributed by atoms with van der Waals surface area (Å²) in [6.07, 6.45) is 14.2. The summed E-state index contributed by atoms with van der Waals surface area (Å²) in [4.78, 5) is 12.3. The zero-order valence-electron chi connectivity index (χ0n) is 46.4. The third kappa shape index (κ3) is 14.6. The summed E-state index contributed by atoms with van der Waals surface area (Å²) in [5, 5.41) is 5.78. The molecule has 1 fully saturated rings. The molecule has 0 spiro atoms. The number of hydrogen-bond donors (Lipinski definition) is 2. The van der Waals surface area contributed by atoms with E-state index in [0.717, 1.165) is 112 Å². The summed E-state index contributed by atoms with van der Waals surface area (Å²) < 4.78 is 2.55. The SMILES string of the molecule is C=CCCC(C)(C)Cc1c(-c2cc(C#CCN3CC[C@@H](S(=C)(=C)C)C3)cnc2C(C)CC)n(CC)c2ccc(-c3cc(C)cc(CC(NC(=C)C(C(C)C)N(C)C(=C)C)C(=C)N(C)CCCCN)c3)cc12. The third-order valence-corrected chi connectivity index (χ3v) is 17.1. The topological polar surface area (TPSA) is 65.6 Å². The van der Waals surface area contributed by atoms with Crippen LogP contribution in [0.5, 0.6) is 0 Å². The Kier molecular flexibility index (Phi) is 20.2. The highest BCUT2D eigenvalue weighted by Crippen LogP contribution is 2.43. The van der Waals surface area contributed by atoms with E-state index in [1.807, 2.05) is 6.20 Å². The minimum absolute atomic E-state index is 0.0245. The van der Waals surface area contributed by atoms with Gasteiger partial charge in [0.05, 0.1) is 30.0 Å². The van der Waals surface area contributed by atoms with Crippen molar-refractivity contribution in [1.29, 1.82) is 0 Å². The first-order valence-corrected chi connectivity index (χ1v) is 28.9. The average molecular weight is 981 g/mol. The van der Waals surface area contributed by atoms with Crippen molar-refractivity contribution in [1.82, 2.24) is 29.6 Å². The van der Waals surface area contributed by atoms with E-state index in [2.05, 4.69) is 199 Å². The molecule has 3 N–H and O–H groups in total. The van der Waals surface area contributed by atoms with E-state index in [9.17, 15) is 0 Å². The van der Waals surface area contributed by atoms with Crippen LogP contribution in [0, 0.1) is 30.1 Å². The second-order valence-electron chi connectivity index (χ2n) is 22.3. The molecular formula is C63H93N7S. The predicted octanol–water partition coefficient (Wildman–Crippen LogP) is 13.2. The average Bonchev–Trinajstić information content (AvgIpc) is 3.92. The molecule has 0 bridgehead atoms. The Bertz CT molecular complexity index is 2690. The Labute approximate surface area is 433 Å². The quantitative estimate of drug-likeness (QED) is 0.0283. The molecule has 1 aliphatic rings. The lowest BCUT2D eigenvalue weighted by Crippen LogP contribution is -2.46. The second-order valence-corrected chi connectivity index (χ2v) is 25.7. The Balaban J connectivity index is 1.64. The van der Waals surface area contributed by atoms with Crippen molar-refractivity contribution in [2.45, 2.75) is 143 Å². The van der Waals surface area contributed by atoms with Crippen LogP contribution in [0.25, 0.3) is 33.3 Å². The van der Waals surface area contributed by atoms with Gasteiger partial charge in [0.1, 0.15) is 0 Å². The lowest BCUT2D eigenvalue weighted by Gasteiger charge is -2.38. The number of aryl methyl sites for hydroxylation is 2. The van der Waals surface area contributed by atoms with Gasteiger partial charge in [0.2, 0.25) is 0 Å². The van der Waals surface area contributed by atoms with E-state index < -0.39 is 9.21 Å². The van der Waals surface area contributed by atoms with E-state index >= 15 is 0 Å². The third-order valence-electron chi connectivity index (χ3n) is 15.1. The molecule has 3 heterocycles. The standard InChI is InChI=1S/C63H93N7S/c1-19-22-30-63(12,13)41-57-55-40-52(53-36-46(8)35-51(37-53)39-58(49(11)67(14)32-24-23-31-64)66-48(10)61(44(4)5)68(15)45(6)7)27-28-59(55)70(21-3)62(57)56-38-50(42-65-60(56)47(9)20-2)26-25-33-69-34-29-54(43-69)71(16,17)18/h19,27-28,35-38,40,42,44,47,54,58,61,66H,1,6,10-11,16-17,20-24,29-34,39,41,43,64H2,2-5,7-9,12-15,18H3/t47?,54-,58?,61?/m1/s1. The molecule has 8 heteroatoms. The van der Waals surface area contributed by atoms with E-state index in [0.29, 0.717) is 17.7 Å². The smallest absolute Gasteiger partial charge is 0.0698 e. The second kappa shape index (κ2) is 25.1. The summed E-state index contributed by atoms with van der Waals surface area (Å²) in [5.41, 5.74) is 21.1. The van der Waals surface area contributed by atoms with Crippen molar-refractivity contribution in [3.05, 3.63) is 126 Å². The molecule has 3 unspecified atom stereocenters. The largest absolute Gasteiger partial charge is 0.379 e. The van der Waals surface area contributed by atoms with Crippen molar-refractivity contribution in [3.8, 4) is 34.2 Å². The molecule has 5 rings (SSSR count). The van der Waals surface area contributed by atoms with Crippen molar-refractivity contribution in [2.75, 3.05) is 53.1 Å². The highest BCUT2D eigenvalue weighted by atomic mass is 32.2. The van der Waals surface area contributed by atoms with Crippen LogP contribution < -0.4 is 11.1 Å². The monoisotopic (exact) mass is 980 g/mol. The number of rotatable bonds is 26. The summed E-state index contributed by atoms with van der Waals surface area (Å²) in [5.74, 6) is 16.6. The zero-order chi connectivity index (χ0) is 52.4. The molecule has 386 valence electrons. The highest BCUT2D eigenvalue weighted by Gasteiger charge is 2.30. The van der Waals surface area contributed by atoms with Crippen LogP contribution in [0.15, 0.2) is 98.1 Å². The fourth-order valence-electron chi connectivity index (χ4n) is 10.6. The number of pyridine rings is 1. The fraction of sp³-hybridized carbons (Fsp3) is 0.508. The van der Waals surface area contributed by atoms with Gasteiger partial charge in [0, 0.05) is 90.8 Å². The number of likely N-dealkylation sites (tertiary alicyclic amines) is 1. The summed E-state index contributed by atoms with van der Waals surface area (Å²) in [6, 6.07) is 16.6. The zero-order valence-corrected chi connectivity index (χ0v) is 47.3. The molecule has 71 heavy (non-hydrogen) atoms. The number of aromatic nitrogens is 2. The fourth-order valence-corrected chi connectivity index (χ4v) is 11.9. The van der Waals surface area contributed by atoms with Gasteiger partial charge in [-0.2, -0.15) is 0 Å². The Morgan fingerprint density at radius 3 is 2.39 bits per heavy atom. The van der Waals surface area contributed by atoms with E-state index in [-0.39, 0.29) is 23.4 Å². The van der Waals surface area contributed by atoms with E-state index in [1.54, 1.807) is 0 Å². The number of benzene rings is 2. The van der Waals surface area contributed by atoms with Crippen LogP contribution in [0.4, 0.5) is 0 Å². The number of likely N-dealkylation sites (N-methyl/N-ethyl adjacent to an activating group) is 2. The van der Waals surface area contributed by atoms with Gasteiger partial charge in [-0.1, -0.05) is 121 Å². The Morgan fingerprint density at radius 2 is 1.77 bits per heavy atom. The summed E-state index contributed by atoms with van der Waals surface area (Å²) in [7, 11) is 3.19. The molecule has 7 nitrogen and oxygen atoms in total. The Hall–Kier alpha value is -4.94. The van der Waals surface area contributed by atoms with Crippen LogP contribution in [0.1, 0.15) is 128 Å². The maximum Gasteiger partial charge on any atom is 0.0698 e.